The summed E-state index contributed by atoms with van der Waals surface area (Å²) in [7, 11) is 0. The van der Waals surface area contributed by atoms with Crippen molar-refractivity contribution in [2.24, 2.45) is 0 Å². The molecule has 32 heavy (non-hydrogen) atoms. The molecular formula is C28H26NO3+. The van der Waals surface area contributed by atoms with E-state index in [4.69, 9.17) is 9.57 Å². The van der Waals surface area contributed by atoms with Gasteiger partial charge in [-0.1, -0.05) is 91.0 Å². The second kappa shape index (κ2) is 10.9. The molecule has 0 saturated heterocycles. The maximum absolute atomic E-state index is 12.3. The van der Waals surface area contributed by atoms with Crippen LogP contribution < -0.4 is 9.57 Å². The monoisotopic (exact) mass is 424 g/mol. The summed E-state index contributed by atoms with van der Waals surface area (Å²) in [5.74, 6) is -0.0977. The van der Waals surface area contributed by atoms with Crippen LogP contribution in [0, 0.1) is 0 Å². The van der Waals surface area contributed by atoms with Crippen molar-refractivity contribution < 1.29 is 19.1 Å². The lowest BCUT2D eigenvalue weighted by molar-refractivity contribution is -0.891. The van der Waals surface area contributed by atoms with E-state index in [1.165, 1.54) is 11.1 Å². The largest absolute Gasteiger partial charge is 0.457 e. The molecule has 0 N–H and O–H groups in total. The van der Waals surface area contributed by atoms with Crippen LogP contribution in [0.5, 0.6) is 0 Å². The second-order valence-corrected chi connectivity index (χ2v) is 7.50. The van der Waals surface area contributed by atoms with E-state index >= 15 is 0 Å². The van der Waals surface area contributed by atoms with Crippen LogP contribution in [0.1, 0.15) is 39.4 Å². The molecule has 0 aliphatic carbocycles. The van der Waals surface area contributed by atoms with Crippen LogP contribution in [-0.2, 0) is 11.3 Å². The minimum atomic E-state index is -0.353. The van der Waals surface area contributed by atoms with E-state index in [-0.39, 0.29) is 18.5 Å². The molecule has 0 amide bonds. The highest BCUT2D eigenvalue weighted by Gasteiger charge is 2.16. The fourth-order valence-electron chi connectivity index (χ4n) is 3.61. The number of hydrogen-bond donors (Lipinski definition) is 0. The SMILES string of the molecule is O=C(OCc1ccccc1)c1cc[n+](OCCC(c2ccccc2)c2ccccc2)cc1. The number of carbonyl (C=O) groups excluding carboxylic acids is 1. The summed E-state index contributed by atoms with van der Waals surface area (Å²) in [6.07, 6.45) is 4.31. The third-order valence-electron chi connectivity index (χ3n) is 5.30. The Morgan fingerprint density at radius 3 is 1.81 bits per heavy atom. The number of ether oxygens (including phenoxy) is 1. The van der Waals surface area contributed by atoms with Gasteiger partial charge in [0.2, 0.25) is 12.4 Å². The van der Waals surface area contributed by atoms with E-state index in [9.17, 15) is 4.79 Å². The number of carbonyl (C=O) groups is 1. The third kappa shape index (κ3) is 5.82. The van der Waals surface area contributed by atoms with Gasteiger partial charge >= 0.3 is 5.97 Å². The average molecular weight is 425 g/mol. The van der Waals surface area contributed by atoms with Gasteiger partial charge in [0.25, 0.3) is 0 Å². The van der Waals surface area contributed by atoms with E-state index in [1.54, 1.807) is 29.3 Å². The average Bonchev–Trinajstić information content (AvgIpc) is 2.87. The molecule has 4 aromatic rings. The first-order valence-corrected chi connectivity index (χ1v) is 10.7. The smallest absolute Gasteiger partial charge is 0.338 e. The first kappa shape index (κ1) is 21.3. The highest BCUT2D eigenvalue weighted by atomic mass is 16.7. The molecular weight excluding hydrogens is 398 g/mol. The van der Waals surface area contributed by atoms with Gasteiger partial charge in [0.1, 0.15) is 6.61 Å². The van der Waals surface area contributed by atoms with Crippen LogP contribution in [0.2, 0.25) is 0 Å². The molecule has 1 heterocycles. The molecule has 0 radical (unpaired) electrons. The summed E-state index contributed by atoms with van der Waals surface area (Å²) < 4.78 is 7.00. The van der Waals surface area contributed by atoms with Crippen molar-refractivity contribution in [3.05, 3.63) is 138 Å². The Balaban J connectivity index is 1.32. The predicted octanol–water partition coefficient (Wildman–Crippen LogP) is 4.98. The van der Waals surface area contributed by atoms with E-state index in [0.29, 0.717) is 12.2 Å². The number of pyridine rings is 1. The molecule has 1 aromatic heterocycles. The molecule has 160 valence electrons. The summed E-state index contributed by atoms with van der Waals surface area (Å²) >= 11 is 0. The fourth-order valence-corrected chi connectivity index (χ4v) is 3.61. The molecule has 4 heteroatoms. The van der Waals surface area contributed by atoms with Gasteiger partial charge in [-0.3, -0.25) is 4.84 Å². The molecule has 0 atom stereocenters. The number of hydrogen-bond acceptors (Lipinski definition) is 3. The molecule has 0 aliphatic rings. The Labute approximate surface area is 188 Å². The van der Waals surface area contributed by atoms with Crippen molar-refractivity contribution in [1.82, 2.24) is 0 Å². The molecule has 0 unspecified atom stereocenters. The fraction of sp³-hybridized carbons (Fsp3) is 0.143. The van der Waals surface area contributed by atoms with E-state index in [2.05, 4.69) is 48.5 Å². The number of rotatable bonds is 9. The summed E-state index contributed by atoms with van der Waals surface area (Å²) in [4.78, 5) is 18.2. The van der Waals surface area contributed by atoms with Crippen LogP contribution in [0.4, 0.5) is 0 Å². The van der Waals surface area contributed by atoms with Crippen LogP contribution in [0.3, 0.4) is 0 Å². The minimum Gasteiger partial charge on any atom is -0.457 e. The maximum atomic E-state index is 12.3. The molecule has 0 spiro atoms. The lowest BCUT2D eigenvalue weighted by Crippen LogP contribution is -2.42. The summed E-state index contributed by atoms with van der Waals surface area (Å²) in [6.45, 7) is 0.794. The zero-order valence-electron chi connectivity index (χ0n) is 17.8. The van der Waals surface area contributed by atoms with Gasteiger partial charge in [-0.05, 0) is 23.1 Å². The first-order valence-electron chi connectivity index (χ1n) is 10.7. The van der Waals surface area contributed by atoms with E-state index in [0.717, 1.165) is 12.0 Å². The summed E-state index contributed by atoms with van der Waals surface area (Å²) in [5.41, 5.74) is 3.99. The second-order valence-electron chi connectivity index (χ2n) is 7.50. The molecule has 0 fully saturated rings. The Kier molecular flexibility index (Phi) is 7.27. The molecule has 3 aromatic carbocycles. The van der Waals surface area contributed by atoms with Crippen molar-refractivity contribution >= 4 is 5.97 Å². The van der Waals surface area contributed by atoms with E-state index in [1.807, 2.05) is 42.5 Å². The molecule has 4 rings (SSSR count). The minimum absolute atomic E-state index is 0.255. The van der Waals surface area contributed by atoms with Crippen molar-refractivity contribution in [2.45, 2.75) is 18.9 Å². The van der Waals surface area contributed by atoms with E-state index < -0.39 is 0 Å². The lowest BCUT2D eigenvalue weighted by atomic mass is 9.89. The Morgan fingerprint density at radius 1 is 0.719 bits per heavy atom. The van der Waals surface area contributed by atoms with Crippen LogP contribution in [-0.4, -0.2) is 12.6 Å². The molecule has 0 saturated carbocycles. The lowest BCUT2D eigenvalue weighted by Gasteiger charge is -2.17. The van der Waals surface area contributed by atoms with Gasteiger partial charge < -0.3 is 4.74 Å². The number of esters is 1. The van der Waals surface area contributed by atoms with Crippen LogP contribution in [0.15, 0.2) is 116 Å². The molecule has 4 nitrogen and oxygen atoms in total. The van der Waals surface area contributed by atoms with Gasteiger partial charge in [-0.25, -0.2) is 4.79 Å². The van der Waals surface area contributed by atoms with Crippen molar-refractivity contribution in [2.75, 3.05) is 6.61 Å². The summed E-state index contributed by atoms with van der Waals surface area (Å²) in [5, 5.41) is 0. The zero-order valence-corrected chi connectivity index (χ0v) is 17.8. The van der Waals surface area contributed by atoms with Crippen LogP contribution in [0.25, 0.3) is 0 Å². The first-order chi connectivity index (χ1) is 15.8. The Bertz CT molecular complexity index is 1060. The van der Waals surface area contributed by atoms with Gasteiger partial charge in [-0.15, -0.1) is 0 Å². The standard InChI is InChI=1S/C28H26NO3/c30-28(31-22-23-10-4-1-5-11-23)26-16-19-29(20-17-26)32-21-18-27(24-12-6-2-7-13-24)25-14-8-3-9-15-25/h1-17,19-20,27H,18,21-22H2/q+1. The van der Waals surface area contributed by atoms with Crippen LogP contribution >= 0.6 is 0 Å². The van der Waals surface area contributed by atoms with Gasteiger partial charge in [0.05, 0.1) is 5.56 Å². The molecule has 0 aliphatic heterocycles. The van der Waals surface area contributed by atoms with Crippen molar-refractivity contribution in [3.63, 3.8) is 0 Å². The number of benzene rings is 3. The molecule has 0 bridgehead atoms. The maximum Gasteiger partial charge on any atom is 0.338 e. The topological polar surface area (TPSA) is 39.4 Å². The van der Waals surface area contributed by atoms with Crippen molar-refractivity contribution in [1.29, 1.82) is 0 Å². The van der Waals surface area contributed by atoms with Gasteiger partial charge in [0, 0.05) is 22.8 Å². The zero-order chi connectivity index (χ0) is 22.0. The number of nitrogens with zero attached hydrogens (tertiary/aromatic N) is 1. The van der Waals surface area contributed by atoms with Gasteiger partial charge in [-0.2, -0.15) is 0 Å². The Morgan fingerprint density at radius 2 is 1.25 bits per heavy atom. The quantitative estimate of drug-likeness (QED) is 0.281. The predicted molar refractivity (Wildman–Crippen MR) is 123 cm³/mol. The third-order valence-corrected chi connectivity index (χ3v) is 5.30. The van der Waals surface area contributed by atoms with Crippen molar-refractivity contribution in [3.8, 4) is 0 Å². The normalized spacial score (nSPS) is 10.7. The number of aromatic nitrogens is 1. The highest BCUT2D eigenvalue weighted by molar-refractivity contribution is 5.88. The van der Waals surface area contributed by atoms with Gasteiger partial charge in [0.15, 0.2) is 6.61 Å². The summed E-state index contributed by atoms with van der Waals surface area (Å²) in [6, 6.07) is 34.0. The Hall–Kier alpha value is -3.92. The highest BCUT2D eigenvalue weighted by Crippen LogP contribution is 2.27.